The van der Waals surface area contributed by atoms with Crippen molar-refractivity contribution < 1.29 is 0 Å². The van der Waals surface area contributed by atoms with Crippen molar-refractivity contribution in [2.45, 2.75) is 89.5 Å². The second kappa shape index (κ2) is 9.15. The molecular formula is C16H40N6. The van der Waals surface area contributed by atoms with Gasteiger partial charge in [-0.05, 0) is 38.6 Å². The summed E-state index contributed by atoms with van der Waals surface area (Å²) in [6.45, 7) is 8.61. The largest absolute Gasteiger partial charge is 0.330 e. The third-order valence-corrected chi connectivity index (χ3v) is 5.67. The van der Waals surface area contributed by atoms with Gasteiger partial charge in [0.2, 0.25) is 0 Å². The lowest BCUT2D eigenvalue weighted by Gasteiger charge is -2.59. The van der Waals surface area contributed by atoms with E-state index in [4.69, 9.17) is 34.4 Å². The summed E-state index contributed by atoms with van der Waals surface area (Å²) >= 11 is 0. The normalized spacial score (nSPS) is 23.2. The Labute approximate surface area is 136 Å². The van der Waals surface area contributed by atoms with Gasteiger partial charge >= 0.3 is 0 Å². The maximum atomic E-state index is 6.96. The van der Waals surface area contributed by atoms with Crippen LogP contribution < -0.4 is 34.4 Å². The number of hydrogen-bond acceptors (Lipinski definition) is 6. The Kier molecular flexibility index (Phi) is 9.05. The second-order valence-electron chi connectivity index (χ2n) is 6.57. The van der Waals surface area contributed by atoms with Gasteiger partial charge in [0.25, 0.3) is 0 Å². The van der Waals surface area contributed by atoms with E-state index in [1.807, 2.05) is 27.7 Å². The summed E-state index contributed by atoms with van der Waals surface area (Å²) in [5.41, 5.74) is 37.5. The fraction of sp³-hybridized carbons (Fsp3) is 1.00. The van der Waals surface area contributed by atoms with Crippen molar-refractivity contribution in [2.24, 2.45) is 39.8 Å². The van der Waals surface area contributed by atoms with Crippen LogP contribution in [-0.4, -0.2) is 36.3 Å². The smallest absolute Gasteiger partial charge is 0.0548 e. The third kappa shape index (κ3) is 3.47. The van der Waals surface area contributed by atoms with Crippen LogP contribution in [-0.2, 0) is 0 Å². The van der Waals surface area contributed by atoms with E-state index in [0.717, 1.165) is 25.7 Å². The molecule has 0 aliphatic rings. The van der Waals surface area contributed by atoms with E-state index in [9.17, 15) is 0 Å². The summed E-state index contributed by atoms with van der Waals surface area (Å²) < 4.78 is 0. The van der Waals surface area contributed by atoms with Crippen LogP contribution in [0.4, 0.5) is 0 Å². The predicted octanol–water partition coefficient (Wildman–Crippen LogP) is -0.0317. The van der Waals surface area contributed by atoms with Gasteiger partial charge in [-0.3, -0.25) is 0 Å². The van der Waals surface area contributed by atoms with Crippen LogP contribution in [0.3, 0.4) is 0 Å². The van der Waals surface area contributed by atoms with Crippen molar-refractivity contribution in [3.8, 4) is 0 Å². The molecule has 0 amide bonds. The van der Waals surface area contributed by atoms with Gasteiger partial charge in [0, 0.05) is 29.6 Å². The summed E-state index contributed by atoms with van der Waals surface area (Å²) in [6.07, 6.45) is 3.61. The first-order valence-corrected chi connectivity index (χ1v) is 8.75. The molecule has 0 spiro atoms. The fourth-order valence-corrected chi connectivity index (χ4v) is 4.11. The second-order valence-corrected chi connectivity index (χ2v) is 6.57. The first-order chi connectivity index (χ1) is 10.2. The van der Waals surface area contributed by atoms with Gasteiger partial charge in [0.05, 0.1) is 5.54 Å². The average molecular weight is 317 g/mol. The predicted molar refractivity (Wildman–Crippen MR) is 96.1 cm³/mol. The van der Waals surface area contributed by atoms with Gasteiger partial charge in [-0.15, -0.1) is 0 Å². The molecule has 4 unspecified atom stereocenters. The summed E-state index contributed by atoms with van der Waals surface area (Å²) in [7, 11) is 0. The van der Waals surface area contributed by atoms with E-state index in [2.05, 4.69) is 0 Å². The first-order valence-electron chi connectivity index (χ1n) is 8.75. The monoisotopic (exact) mass is 316 g/mol. The standard InChI is InChI=1S/C16H40N6/c1-5-11(18)15(9-10-17,12(19)6-2)16(22,13(20)7-3)14(21)8-4/h11-14H,5-10,17-22H2,1-4H3. The fourth-order valence-electron chi connectivity index (χ4n) is 4.11. The van der Waals surface area contributed by atoms with Crippen molar-refractivity contribution in [3.05, 3.63) is 0 Å². The molecule has 134 valence electrons. The van der Waals surface area contributed by atoms with Crippen molar-refractivity contribution in [3.63, 3.8) is 0 Å². The van der Waals surface area contributed by atoms with E-state index < -0.39 is 11.0 Å². The molecule has 22 heavy (non-hydrogen) atoms. The molecule has 0 radical (unpaired) electrons. The summed E-state index contributed by atoms with van der Waals surface area (Å²) in [5, 5.41) is 0. The molecule has 12 N–H and O–H groups in total. The molecular weight excluding hydrogens is 276 g/mol. The van der Waals surface area contributed by atoms with Crippen molar-refractivity contribution >= 4 is 0 Å². The highest BCUT2D eigenvalue weighted by atomic mass is 15.0. The summed E-state index contributed by atoms with van der Waals surface area (Å²) in [6, 6.07) is -0.925. The van der Waals surface area contributed by atoms with Crippen LogP contribution in [0.5, 0.6) is 0 Å². The van der Waals surface area contributed by atoms with Crippen LogP contribution in [0.25, 0.3) is 0 Å². The third-order valence-electron chi connectivity index (χ3n) is 5.67. The van der Waals surface area contributed by atoms with Crippen LogP contribution in [0.2, 0.25) is 0 Å². The zero-order valence-corrected chi connectivity index (χ0v) is 15.0. The van der Waals surface area contributed by atoms with Gasteiger partial charge in [0.15, 0.2) is 0 Å². The molecule has 0 rings (SSSR count). The van der Waals surface area contributed by atoms with Crippen LogP contribution in [0.1, 0.15) is 59.8 Å². The molecule has 0 heterocycles. The van der Waals surface area contributed by atoms with Crippen LogP contribution >= 0.6 is 0 Å². The van der Waals surface area contributed by atoms with Gasteiger partial charge in [-0.2, -0.15) is 0 Å². The first kappa shape index (κ1) is 21.8. The Hall–Kier alpha value is -0.240. The van der Waals surface area contributed by atoms with Gasteiger partial charge < -0.3 is 34.4 Å². The molecule has 0 aromatic carbocycles. The molecule has 0 aliphatic heterocycles. The minimum Gasteiger partial charge on any atom is -0.330 e. The van der Waals surface area contributed by atoms with Crippen LogP contribution in [0.15, 0.2) is 0 Å². The zero-order chi connectivity index (χ0) is 17.6. The maximum absolute atomic E-state index is 6.96. The summed E-state index contributed by atoms with van der Waals surface area (Å²) in [4.78, 5) is 0. The van der Waals surface area contributed by atoms with E-state index in [-0.39, 0.29) is 24.2 Å². The lowest BCUT2D eigenvalue weighted by Crippen LogP contribution is -2.81. The molecule has 6 nitrogen and oxygen atoms in total. The molecule has 0 bridgehead atoms. The molecule has 0 saturated heterocycles. The van der Waals surface area contributed by atoms with Crippen molar-refractivity contribution in [1.29, 1.82) is 0 Å². The molecule has 6 heteroatoms. The Morgan fingerprint density at radius 2 is 1.00 bits per heavy atom. The Morgan fingerprint density at radius 3 is 1.23 bits per heavy atom. The molecule has 0 aromatic rings. The Balaban J connectivity index is 6.36. The quantitative estimate of drug-likeness (QED) is 0.314. The van der Waals surface area contributed by atoms with E-state index in [1.165, 1.54) is 0 Å². The average Bonchev–Trinajstić information content (AvgIpc) is 2.55. The van der Waals surface area contributed by atoms with E-state index in [0.29, 0.717) is 13.0 Å². The minimum atomic E-state index is -0.847. The minimum absolute atomic E-state index is 0.189. The molecule has 0 saturated carbocycles. The summed E-state index contributed by atoms with van der Waals surface area (Å²) in [5.74, 6) is 0. The molecule has 0 fully saturated rings. The number of nitrogens with two attached hydrogens (primary N) is 6. The van der Waals surface area contributed by atoms with E-state index in [1.54, 1.807) is 0 Å². The lowest BCUT2D eigenvalue weighted by atomic mass is 9.53. The molecule has 0 aromatic heterocycles. The highest BCUT2D eigenvalue weighted by Gasteiger charge is 2.59. The lowest BCUT2D eigenvalue weighted by molar-refractivity contribution is 0.00268. The zero-order valence-electron chi connectivity index (χ0n) is 15.0. The van der Waals surface area contributed by atoms with Gasteiger partial charge in [-0.1, -0.05) is 27.7 Å². The van der Waals surface area contributed by atoms with Gasteiger partial charge in [-0.25, -0.2) is 0 Å². The van der Waals surface area contributed by atoms with Gasteiger partial charge in [0.1, 0.15) is 0 Å². The van der Waals surface area contributed by atoms with Crippen LogP contribution in [0, 0.1) is 5.41 Å². The number of rotatable bonds is 11. The Bertz CT molecular complexity index is 289. The highest BCUT2D eigenvalue weighted by Crippen LogP contribution is 2.45. The molecule has 0 aliphatic carbocycles. The van der Waals surface area contributed by atoms with E-state index >= 15 is 0 Å². The van der Waals surface area contributed by atoms with Crippen molar-refractivity contribution in [1.82, 2.24) is 0 Å². The SMILES string of the molecule is CCC(N)C(N)(C(N)CC)C(CCN)(C(N)CC)C(N)CC. The molecule has 4 atom stereocenters. The topological polar surface area (TPSA) is 156 Å². The Morgan fingerprint density at radius 1 is 0.682 bits per heavy atom. The van der Waals surface area contributed by atoms with Crippen molar-refractivity contribution in [2.75, 3.05) is 6.54 Å². The number of hydrogen-bond donors (Lipinski definition) is 6. The highest BCUT2D eigenvalue weighted by molar-refractivity contribution is 5.19. The maximum Gasteiger partial charge on any atom is 0.0548 e.